The van der Waals surface area contributed by atoms with E-state index in [1.807, 2.05) is 0 Å². The van der Waals surface area contributed by atoms with Gasteiger partial charge in [-0.05, 0) is 48.1 Å². The minimum atomic E-state index is 0.344. The lowest BCUT2D eigenvalue weighted by molar-refractivity contribution is 0.344. The molecule has 0 aliphatic heterocycles. The zero-order valence-electron chi connectivity index (χ0n) is 12.1. The Morgan fingerprint density at radius 3 is 2.72 bits per heavy atom. The van der Waals surface area contributed by atoms with Crippen molar-refractivity contribution in [3.63, 3.8) is 0 Å². The minimum Gasteiger partial charge on any atom is -0.327 e. The molecule has 1 aliphatic carbocycles. The lowest BCUT2D eigenvalue weighted by Crippen LogP contribution is -2.27. The van der Waals surface area contributed by atoms with E-state index in [9.17, 15) is 0 Å². The van der Waals surface area contributed by atoms with Gasteiger partial charge in [0.05, 0.1) is 0 Å². The Hall–Kier alpha value is -0.820. The zero-order chi connectivity index (χ0) is 13.2. The highest BCUT2D eigenvalue weighted by atomic mass is 14.7. The molecule has 2 atom stereocenters. The molecule has 0 heterocycles. The molecule has 0 bridgehead atoms. The number of hydrogen-bond donors (Lipinski definition) is 1. The molecule has 1 nitrogen and oxygen atoms in total. The molecule has 0 saturated heterocycles. The molecular weight excluding hydrogens is 218 g/mol. The first kappa shape index (κ1) is 13.6. The molecule has 0 saturated carbocycles. The molecule has 2 rings (SSSR count). The largest absolute Gasteiger partial charge is 0.327 e. The standard InChI is InChI=1S/C17H27N/c1-17(2,3)12-6-9-16(18)15-11-10-13-7-4-5-8-14(13)15/h4-5,7-8,15-16H,6,9-12,18H2,1-3H3. The van der Waals surface area contributed by atoms with Gasteiger partial charge >= 0.3 is 0 Å². The second kappa shape index (κ2) is 5.44. The summed E-state index contributed by atoms with van der Waals surface area (Å²) in [7, 11) is 0. The van der Waals surface area contributed by atoms with Crippen molar-refractivity contribution in [2.24, 2.45) is 11.1 Å². The van der Waals surface area contributed by atoms with E-state index in [1.165, 1.54) is 36.8 Å². The monoisotopic (exact) mass is 245 g/mol. The van der Waals surface area contributed by atoms with E-state index < -0.39 is 0 Å². The van der Waals surface area contributed by atoms with E-state index >= 15 is 0 Å². The quantitative estimate of drug-likeness (QED) is 0.842. The molecule has 100 valence electrons. The summed E-state index contributed by atoms with van der Waals surface area (Å²) in [4.78, 5) is 0. The maximum atomic E-state index is 6.42. The Morgan fingerprint density at radius 2 is 2.00 bits per heavy atom. The van der Waals surface area contributed by atoms with Gasteiger partial charge in [0, 0.05) is 6.04 Å². The molecule has 2 N–H and O–H groups in total. The van der Waals surface area contributed by atoms with Gasteiger partial charge in [0.25, 0.3) is 0 Å². The number of nitrogens with two attached hydrogens (primary N) is 1. The Balaban J connectivity index is 1.89. The predicted octanol–water partition coefficient (Wildman–Crippen LogP) is 4.26. The summed E-state index contributed by atoms with van der Waals surface area (Å²) in [5, 5.41) is 0. The fourth-order valence-electron chi connectivity index (χ4n) is 3.10. The molecule has 0 fully saturated rings. The van der Waals surface area contributed by atoms with Gasteiger partial charge in [-0.2, -0.15) is 0 Å². The number of fused-ring (bicyclic) bond motifs is 1. The van der Waals surface area contributed by atoms with Crippen molar-refractivity contribution >= 4 is 0 Å². The molecule has 1 aliphatic rings. The first-order valence-electron chi connectivity index (χ1n) is 7.31. The first-order chi connectivity index (χ1) is 8.47. The highest BCUT2D eigenvalue weighted by Crippen LogP contribution is 2.36. The molecule has 0 radical (unpaired) electrons. The molecular formula is C17H27N. The summed E-state index contributed by atoms with van der Waals surface area (Å²) < 4.78 is 0. The summed E-state index contributed by atoms with van der Waals surface area (Å²) >= 11 is 0. The molecule has 1 heteroatoms. The van der Waals surface area contributed by atoms with Crippen LogP contribution in [0.25, 0.3) is 0 Å². The maximum Gasteiger partial charge on any atom is 0.0108 e. The van der Waals surface area contributed by atoms with E-state index in [1.54, 1.807) is 0 Å². The highest BCUT2D eigenvalue weighted by molar-refractivity contribution is 5.35. The maximum absolute atomic E-state index is 6.42. The van der Waals surface area contributed by atoms with E-state index in [0.29, 0.717) is 17.4 Å². The fraction of sp³-hybridized carbons (Fsp3) is 0.647. The third kappa shape index (κ3) is 3.35. The first-order valence-corrected chi connectivity index (χ1v) is 7.31. The van der Waals surface area contributed by atoms with Gasteiger partial charge in [0.1, 0.15) is 0 Å². The highest BCUT2D eigenvalue weighted by Gasteiger charge is 2.27. The molecule has 0 spiro atoms. The third-order valence-electron chi connectivity index (χ3n) is 4.16. The molecule has 1 aromatic carbocycles. The zero-order valence-corrected chi connectivity index (χ0v) is 12.1. The summed E-state index contributed by atoms with van der Waals surface area (Å²) in [5.74, 6) is 0.598. The number of benzene rings is 1. The van der Waals surface area contributed by atoms with Crippen molar-refractivity contribution in [1.29, 1.82) is 0 Å². The topological polar surface area (TPSA) is 26.0 Å². The van der Waals surface area contributed by atoms with Gasteiger partial charge in [-0.1, -0.05) is 51.5 Å². The molecule has 1 aromatic rings. The van der Waals surface area contributed by atoms with Crippen LogP contribution in [0.3, 0.4) is 0 Å². The van der Waals surface area contributed by atoms with Crippen LogP contribution in [-0.4, -0.2) is 6.04 Å². The van der Waals surface area contributed by atoms with Crippen molar-refractivity contribution in [3.05, 3.63) is 35.4 Å². The lowest BCUT2D eigenvalue weighted by Gasteiger charge is -2.23. The van der Waals surface area contributed by atoms with Gasteiger partial charge in [-0.3, -0.25) is 0 Å². The van der Waals surface area contributed by atoms with Crippen LogP contribution in [0.4, 0.5) is 0 Å². The number of hydrogen-bond acceptors (Lipinski definition) is 1. The average Bonchev–Trinajstić information content (AvgIpc) is 2.70. The third-order valence-corrected chi connectivity index (χ3v) is 4.16. The van der Waals surface area contributed by atoms with E-state index in [2.05, 4.69) is 45.0 Å². The van der Waals surface area contributed by atoms with Crippen LogP contribution in [0.5, 0.6) is 0 Å². The molecule has 0 aromatic heterocycles. The van der Waals surface area contributed by atoms with Gasteiger partial charge in [-0.15, -0.1) is 0 Å². The Labute approximate surface area is 112 Å². The molecule has 2 unspecified atom stereocenters. The van der Waals surface area contributed by atoms with Gasteiger partial charge in [0.2, 0.25) is 0 Å². The number of rotatable bonds is 4. The van der Waals surface area contributed by atoms with E-state index in [4.69, 9.17) is 5.73 Å². The summed E-state index contributed by atoms with van der Waals surface area (Å²) in [6.07, 6.45) is 6.15. The lowest BCUT2D eigenvalue weighted by atomic mass is 9.85. The van der Waals surface area contributed by atoms with Crippen LogP contribution >= 0.6 is 0 Å². The SMILES string of the molecule is CC(C)(C)CCCC(N)C1CCc2ccccc21. The second-order valence-electron chi connectivity index (χ2n) is 6.96. The smallest absolute Gasteiger partial charge is 0.0108 e. The van der Waals surface area contributed by atoms with Crippen LogP contribution in [0.2, 0.25) is 0 Å². The second-order valence-corrected chi connectivity index (χ2v) is 6.96. The van der Waals surface area contributed by atoms with Gasteiger partial charge in [-0.25, -0.2) is 0 Å². The van der Waals surface area contributed by atoms with Crippen LogP contribution in [0.15, 0.2) is 24.3 Å². The van der Waals surface area contributed by atoms with Crippen molar-refractivity contribution in [2.75, 3.05) is 0 Å². The predicted molar refractivity (Wildman–Crippen MR) is 78.8 cm³/mol. The summed E-state index contributed by atoms with van der Waals surface area (Å²) in [5.41, 5.74) is 9.90. The molecule has 0 amide bonds. The van der Waals surface area contributed by atoms with Crippen molar-refractivity contribution in [2.45, 2.75) is 64.8 Å². The van der Waals surface area contributed by atoms with Crippen LogP contribution in [-0.2, 0) is 6.42 Å². The summed E-state index contributed by atoms with van der Waals surface area (Å²) in [6.45, 7) is 6.93. The van der Waals surface area contributed by atoms with E-state index in [0.717, 1.165) is 6.42 Å². The Kier molecular flexibility index (Phi) is 4.11. The minimum absolute atomic E-state index is 0.344. The van der Waals surface area contributed by atoms with Crippen LogP contribution in [0, 0.1) is 5.41 Å². The van der Waals surface area contributed by atoms with Gasteiger partial charge in [0.15, 0.2) is 0 Å². The summed E-state index contributed by atoms with van der Waals surface area (Å²) in [6, 6.07) is 9.18. The van der Waals surface area contributed by atoms with E-state index in [-0.39, 0.29) is 0 Å². The fourth-order valence-corrected chi connectivity index (χ4v) is 3.10. The Morgan fingerprint density at radius 1 is 1.28 bits per heavy atom. The van der Waals surface area contributed by atoms with Crippen LogP contribution < -0.4 is 5.73 Å². The van der Waals surface area contributed by atoms with Gasteiger partial charge < -0.3 is 5.73 Å². The normalized spacial score (nSPS) is 20.8. The average molecular weight is 245 g/mol. The number of aryl methyl sites for hydroxylation is 1. The molecule has 18 heavy (non-hydrogen) atoms. The van der Waals surface area contributed by atoms with Crippen molar-refractivity contribution < 1.29 is 0 Å². The van der Waals surface area contributed by atoms with Crippen molar-refractivity contribution in [3.8, 4) is 0 Å². The van der Waals surface area contributed by atoms with Crippen LogP contribution in [0.1, 0.15) is 63.5 Å². The Bertz CT molecular complexity index is 389. The van der Waals surface area contributed by atoms with Crippen molar-refractivity contribution in [1.82, 2.24) is 0 Å².